The van der Waals surface area contributed by atoms with Crippen LogP contribution in [0.15, 0.2) is 24.3 Å². The van der Waals surface area contributed by atoms with Crippen molar-refractivity contribution < 1.29 is 14.6 Å². The summed E-state index contributed by atoms with van der Waals surface area (Å²) in [4.78, 5) is 14.1. The lowest BCUT2D eigenvalue weighted by Gasteiger charge is -2.34. The maximum Gasteiger partial charge on any atom is 0.317 e. The second-order valence-corrected chi connectivity index (χ2v) is 6.60. The zero-order valence-electron chi connectivity index (χ0n) is 14.8. The van der Waals surface area contributed by atoms with E-state index in [4.69, 9.17) is 4.74 Å². The second-order valence-electron chi connectivity index (χ2n) is 6.60. The standard InChI is InChI=1S/C19H30N2O3/c1-3-4-11-24-18-9-5-7-16(12-18)13-20-19(23)21-10-6-8-17(14-21)15(2)22/h5,7,9,12,15,17,22H,3-4,6,8,10-11,13-14H2,1-2H3,(H,20,23). The zero-order valence-corrected chi connectivity index (χ0v) is 14.8. The molecule has 2 unspecified atom stereocenters. The maximum atomic E-state index is 12.3. The smallest absolute Gasteiger partial charge is 0.317 e. The lowest BCUT2D eigenvalue weighted by Crippen LogP contribution is -2.47. The molecular formula is C19H30N2O3. The molecule has 5 nitrogen and oxygen atoms in total. The van der Waals surface area contributed by atoms with Crippen molar-refractivity contribution in [2.45, 2.75) is 52.2 Å². The van der Waals surface area contributed by atoms with E-state index in [9.17, 15) is 9.90 Å². The second kappa shape index (κ2) is 9.52. The number of unbranched alkanes of at least 4 members (excludes halogenated alkanes) is 1. The van der Waals surface area contributed by atoms with Crippen molar-refractivity contribution in [3.8, 4) is 5.75 Å². The van der Waals surface area contributed by atoms with Gasteiger partial charge in [0.2, 0.25) is 0 Å². The molecule has 24 heavy (non-hydrogen) atoms. The van der Waals surface area contributed by atoms with Crippen molar-refractivity contribution in [1.82, 2.24) is 10.2 Å². The number of aliphatic hydroxyl groups excluding tert-OH is 1. The molecule has 2 rings (SSSR count). The SMILES string of the molecule is CCCCOc1cccc(CNC(=O)N2CCCC(C(C)O)C2)c1. The Kier molecular flexibility index (Phi) is 7.37. The van der Waals surface area contributed by atoms with Crippen molar-refractivity contribution in [3.05, 3.63) is 29.8 Å². The molecule has 2 amide bonds. The Morgan fingerprint density at radius 1 is 1.50 bits per heavy atom. The van der Waals surface area contributed by atoms with Crippen LogP contribution >= 0.6 is 0 Å². The molecule has 0 bridgehead atoms. The first kappa shape index (κ1) is 18.6. The predicted octanol–water partition coefficient (Wildman–Crippen LogP) is 3.17. The third-order valence-corrected chi connectivity index (χ3v) is 4.54. The van der Waals surface area contributed by atoms with E-state index in [1.165, 1.54) is 0 Å². The summed E-state index contributed by atoms with van der Waals surface area (Å²) in [5.74, 6) is 1.03. The van der Waals surface area contributed by atoms with E-state index in [1.807, 2.05) is 29.2 Å². The molecule has 1 aliphatic rings. The highest BCUT2D eigenvalue weighted by Crippen LogP contribution is 2.20. The van der Waals surface area contributed by atoms with Gasteiger partial charge >= 0.3 is 6.03 Å². The number of carbonyl (C=O) groups is 1. The number of likely N-dealkylation sites (tertiary alicyclic amines) is 1. The number of carbonyl (C=O) groups excluding carboxylic acids is 1. The predicted molar refractivity (Wildman–Crippen MR) is 95.1 cm³/mol. The number of ether oxygens (including phenoxy) is 1. The molecule has 0 aromatic heterocycles. The topological polar surface area (TPSA) is 61.8 Å². The number of hydrogen-bond donors (Lipinski definition) is 2. The largest absolute Gasteiger partial charge is 0.494 e. The molecule has 1 saturated heterocycles. The number of nitrogens with one attached hydrogen (secondary N) is 1. The van der Waals surface area contributed by atoms with Gasteiger partial charge in [0.05, 0.1) is 12.7 Å². The van der Waals surface area contributed by atoms with E-state index in [0.717, 1.165) is 50.1 Å². The zero-order chi connectivity index (χ0) is 17.4. The molecule has 0 spiro atoms. The molecule has 1 aromatic carbocycles. The van der Waals surface area contributed by atoms with E-state index >= 15 is 0 Å². The Labute approximate surface area is 145 Å². The summed E-state index contributed by atoms with van der Waals surface area (Å²) in [5, 5.41) is 12.7. The number of rotatable bonds is 7. The van der Waals surface area contributed by atoms with Gasteiger partial charge in [0.1, 0.15) is 5.75 Å². The summed E-state index contributed by atoms with van der Waals surface area (Å²) in [6.45, 7) is 6.54. The van der Waals surface area contributed by atoms with E-state index in [0.29, 0.717) is 13.1 Å². The van der Waals surface area contributed by atoms with Gasteiger partial charge < -0.3 is 20.1 Å². The number of amides is 2. The van der Waals surface area contributed by atoms with Gasteiger partial charge in [0, 0.05) is 25.6 Å². The fraction of sp³-hybridized carbons (Fsp3) is 0.632. The average Bonchev–Trinajstić information content (AvgIpc) is 2.60. The summed E-state index contributed by atoms with van der Waals surface area (Å²) >= 11 is 0. The molecule has 0 aliphatic carbocycles. The highest BCUT2D eigenvalue weighted by Gasteiger charge is 2.26. The molecule has 2 N–H and O–H groups in total. The van der Waals surface area contributed by atoms with Crippen molar-refractivity contribution in [1.29, 1.82) is 0 Å². The van der Waals surface area contributed by atoms with Crippen LogP contribution in [0.1, 0.15) is 45.1 Å². The van der Waals surface area contributed by atoms with Crippen LogP contribution in [0, 0.1) is 5.92 Å². The summed E-state index contributed by atoms with van der Waals surface area (Å²) < 4.78 is 5.70. The minimum atomic E-state index is -0.363. The van der Waals surface area contributed by atoms with Crippen LogP contribution in [-0.2, 0) is 6.54 Å². The number of benzene rings is 1. The summed E-state index contributed by atoms with van der Waals surface area (Å²) in [7, 11) is 0. The molecule has 5 heteroatoms. The number of aliphatic hydroxyl groups is 1. The number of piperidine rings is 1. The van der Waals surface area contributed by atoms with Crippen LogP contribution in [0.25, 0.3) is 0 Å². The minimum Gasteiger partial charge on any atom is -0.494 e. The van der Waals surface area contributed by atoms with Gasteiger partial charge in [0.15, 0.2) is 0 Å². The molecular weight excluding hydrogens is 304 g/mol. The highest BCUT2D eigenvalue weighted by atomic mass is 16.5. The van der Waals surface area contributed by atoms with Gasteiger partial charge in [-0.15, -0.1) is 0 Å². The van der Waals surface area contributed by atoms with Crippen LogP contribution < -0.4 is 10.1 Å². The van der Waals surface area contributed by atoms with Crippen molar-refractivity contribution in [2.24, 2.45) is 5.92 Å². The van der Waals surface area contributed by atoms with E-state index in [2.05, 4.69) is 12.2 Å². The molecule has 2 atom stereocenters. The number of nitrogens with zero attached hydrogens (tertiary/aromatic N) is 1. The molecule has 1 fully saturated rings. The lowest BCUT2D eigenvalue weighted by atomic mass is 9.94. The van der Waals surface area contributed by atoms with Gasteiger partial charge in [-0.3, -0.25) is 0 Å². The van der Waals surface area contributed by atoms with Gasteiger partial charge in [-0.2, -0.15) is 0 Å². The Bertz CT molecular complexity index is 519. The van der Waals surface area contributed by atoms with Crippen molar-refractivity contribution in [3.63, 3.8) is 0 Å². The monoisotopic (exact) mass is 334 g/mol. The van der Waals surface area contributed by atoms with Crippen LogP contribution in [0.4, 0.5) is 4.79 Å². The summed E-state index contributed by atoms with van der Waals surface area (Å²) in [6.07, 6.45) is 3.72. The molecule has 134 valence electrons. The van der Waals surface area contributed by atoms with Gasteiger partial charge in [-0.25, -0.2) is 4.79 Å². The average molecular weight is 334 g/mol. The van der Waals surface area contributed by atoms with E-state index in [1.54, 1.807) is 6.92 Å². The quantitative estimate of drug-likeness (QED) is 0.753. The molecule has 0 radical (unpaired) electrons. The Morgan fingerprint density at radius 3 is 3.08 bits per heavy atom. The van der Waals surface area contributed by atoms with Crippen molar-refractivity contribution >= 4 is 6.03 Å². The summed E-state index contributed by atoms with van der Waals surface area (Å²) in [5.41, 5.74) is 1.03. The third-order valence-electron chi connectivity index (χ3n) is 4.54. The first-order valence-corrected chi connectivity index (χ1v) is 9.02. The molecule has 1 aromatic rings. The fourth-order valence-corrected chi connectivity index (χ4v) is 2.96. The van der Waals surface area contributed by atoms with Crippen LogP contribution in [0.5, 0.6) is 5.75 Å². The van der Waals surface area contributed by atoms with E-state index < -0.39 is 0 Å². The van der Waals surface area contributed by atoms with E-state index in [-0.39, 0.29) is 18.1 Å². The normalized spacial score (nSPS) is 19.0. The lowest BCUT2D eigenvalue weighted by molar-refractivity contribution is 0.0738. The number of hydrogen-bond acceptors (Lipinski definition) is 3. The van der Waals surface area contributed by atoms with Crippen LogP contribution in [0.2, 0.25) is 0 Å². The van der Waals surface area contributed by atoms with Crippen LogP contribution in [-0.4, -0.2) is 41.8 Å². The van der Waals surface area contributed by atoms with Gasteiger partial charge in [-0.05, 0) is 43.9 Å². The fourth-order valence-electron chi connectivity index (χ4n) is 2.96. The Balaban J connectivity index is 1.82. The third kappa shape index (κ3) is 5.71. The molecule has 1 heterocycles. The Hall–Kier alpha value is -1.75. The minimum absolute atomic E-state index is 0.0577. The van der Waals surface area contributed by atoms with Gasteiger partial charge in [0.25, 0.3) is 0 Å². The molecule has 1 aliphatic heterocycles. The number of urea groups is 1. The maximum absolute atomic E-state index is 12.3. The first-order chi connectivity index (χ1) is 11.6. The highest BCUT2D eigenvalue weighted by molar-refractivity contribution is 5.74. The Morgan fingerprint density at radius 2 is 2.33 bits per heavy atom. The first-order valence-electron chi connectivity index (χ1n) is 9.02. The summed E-state index contributed by atoms with van der Waals surface area (Å²) in [6, 6.07) is 7.80. The molecule has 0 saturated carbocycles. The van der Waals surface area contributed by atoms with Gasteiger partial charge in [-0.1, -0.05) is 25.5 Å². The van der Waals surface area contributed by atoms with Crippen LogP contribution in [0.3, 0.4) is 0 Å². The van der Waals surface area contributed by atoms with Crippen molar-refractivity contribution in [2.75, 3.05) is 19.7 Å².